The zero-order valence-electron chi connectivity index (χ0n) is 28.3. The largest absolute Gasteiger partial charge is 0.478 e. The van der Waals surface area contributed by atoms with E-state index in [0.29, 0.717) is 62.4 Å². The van der Waals surface area contributed by atoms with Crippen LogP contribution in [0.25, 0.3) is 0 Å². The van der Waals surface area contributed by atoms with Crippen molar-refractivity contribution in [1.82, 2.24) is 15.0 Å². The van der Waals surface area contributed by atoms with Crippen LogP contribution in [0.3, 0.4) is 0 Å². The van der Waals surface area contributed by atoms with Crippen molar-refractivity contribution < 1.29 is 43.7 Å². The highest BCUT2D eigenvalue weighted by atomic mass is 16.5. The van der Waals surface area contributed by atoms with Crippen LogP contribution < -0.4 is 4.90 Å². The van der Waals surface area contributed by atoms with Gasteiger partial charge in [0.2, 0.25) is 5.95 Å². The van der Waals surface area contributed by atoms with Gasteiger partial charge in [-0.25, -0.2) is 14.6 Å². The normalized spacial score (nSPS) is 12.1. The van der Waals surface area contributed by atoms with Crippen LogP contribution in [0.15, 0.2) is 118 Å². The highest BCUT2D eigenvalue weighted by Crippen LogP contribution is 2.24. The minimum atomic E-state index is -1.25. The molecule has 4 aromatic carbocycles. The van der Waals surface area contributed by atoms with Crippen LogP contribution in [0.5, 0.6) is 0 Å². The minimum absolute atomic E-state index is 0.121. The first-order chi connectivity index (χ1) is 26.2. The van der Waals surface area contributed by atoms with E-state index in [9.17, 15) is 19.8 Å². The molecule has 1 aromatic heterocycles. The highest BCUT2D eigenvalue weighted by Gasteiger charge is 2.17. The predicted molar refractivity (Wildman–Crippen MR) is 187 cm³/mol. The molecule has 0 saturated carbocycles. The summed E-state index contributed by atoms with van der Waals surface area (Å²) in [5.74, 6) is -0.624. The molecule has 17 heteroatoms. The van der Waals surface area contributed by atoms with Crippen molar-refractivity contribution in [2.45, 2.75) is 12.8 Å². The summed E-state index contributed by atoms with van der Waals surface area (Å²) in [5, 5.41) is 35.4. The second kappa shape index (κ2) is 20.4. The fourth-order valence-corrected chi connectivity index (χ4v) is 4.89. The molecule has 54 heavy (non-hydrogen) atoms. The van der Waals surface area contributed by atoms with Crippen molar-refractivity contribution in [3.8, 4) is 0 Å². The van der Waals surface area contributed by atoms with E-state index in [1.807, 2.05) is 66.7 Å². The van der Waals surface area contributed by atoms with E-state index in [4.69, 9.17) is 38.9 Å². The quantitative estimate of drug-likeness (QED) is 0.149. The first-order valence-corrected chi connectivity index (χ1v) is 15.9. The lowest BCUT2D eigenvalue weighted by atomic mass is 10.1. The standard InChI is InChI=1S/C35H30N8O5.2CO2/c44-33(45)25-20-26(34(46)47)22-30(21-25)42-41-29-12-8-24(9-13-29)19-32-36-31(37-35(38-32)43-14-16-48-17-15-43)18-23-6-10-28(11-7-23)40-39-27-4-2-1-3-5-27;2*2-1-3/h1-13,20-22H,14-19H2,(H,44,45)(H,46,47);;. The van der Waals surface area contributed by atoms with Gasteiger partial charge in [-0.15, -0.1) is 0 Å². The average Bonchev–Trinajstić information content (AvgIpc) is 3.18. The molecule has 0 atom stereocenters. The Labute approximate surface area is 306 Å². The van der Waals surface area contributed by atoms with Crippen LogP contribution in [0.1, 0.15) is 43.5 Å². The summed E-state index contributed by atoms with van der Waals surface area (Å²) in [6.45, 7) is 2.58. The fraction of sp³-hybridized carbons (Fsp3) is 0.162. The minimum Gasteiger partial charge on any atom is -0.478 e. The zero-order valence-corrected chi connectivity index (χ0v) is 28.3. The number of rotatable bonds is 11. The molecule has 1 saturated heterocycles. The van der Waals surface area contributed by atoms with Crippen molar-refractivity contribution >= 4 is 52.9 Å². The molecule has 2 N–H and O–H groups in total. The molecular formula is C37H30N8O9. The topological polar surface area (TPSA) is 243 Å². The smallest absolute Gasteiger partial charge is 0.373 e. The molecule has 1 fully saturated rings. The number of hydrogen-bond donors (Lipinski definition) is 2. The van der Waals surface area contributed by atoms with E-state index >= 15 is 0 Å². The summed E-state index contributed by atoms with van der Waals surface area (Å²) in [6.07, 6.45) is 1.46. The Kier molecular flexibility index (Phi) is 14.9. The molecule has 0 radical (unpaired) electrons. The molecule has 0 amide bonds. The van der Waals surface area contributed by atoms with Crippen LogP contribution in [0.2, 0.25) is 0 Å². The number of morpholine rings is 1. The predicted octanol–water partition coefficient (Wildman–Crippen LogP) is 5.95. The Hall–Kier alpha value is -7.45. The zero-order chi connectivity index (χ0) is 38.7. The summed E-state index contributed by atoms with van der Waals surface area (Å²) < 4.78 is 5.53. The Bertz CT molecular complexity index is 2120. The lowest BCUT2D eigenvalue weighted by molar-refractivity contribution is -0.193. The van der Waals surface area contributed by atoms with Gasteiger partial charge in [-0.1, -0.05) is 42.5 Å². The van der Waals surface area contributed by atoms with Gasteiger partial charge in [-0.05, 0) is 65.7 Å². The summed E-state index contributed by atoms with van der Waals surface area (Å²) in [4.78, 5) is 71.8. The number of ether oxygens (including phenoxy) is 1. The number of aromatic carboxylic acids is 2. The van der Waals surface area contributed by atoms with E-state index in [-0.39, 0.29) is 29.1 Å². The van der Waals surface area contributed by atoms with Gasteiger partial charge < -0.3 is 19.8 Å². The third-order valence-corrected chi connectivity index (χ3v) is 7.34. The summed E-state index contributed by atoms with van der Waals surface area (Å²) in [7, 11) is 0. The van der Waals surface area contributed by atoms with Crippen molar-refractivity contribution in [2.75, 3.05) is 31.2 Å². The van der Waals surface area contributed by atoms with Gasteiger partial charge in [0.05, 0.1) is 47.1 Å². The number of carboxylic acids is 2. The van der Waals surface area contributed by atoms with E-state index in [0.717, 1.165) is 28.6 Å². The van der Waals surface area contributed by atoms with Crippen LogP contribution in [-0.2, 0) is 36.8 Å². The Morgan fingerprint density at radius 3 is 1.43 bits per heavy atom. The second-order valence-corrected chi connectivity index (χ2v) is 11.0. The van der Waals surface area contributed by atoms with Gasteiger partial charge in [0.15, 0.2) is 0 Å². The molecular weight excluding hydrogens is 700 g/mol. The van der Waals surface area contributed by atoms with Gasteiger partial charge in [0, 0.05) is 25.9 Å². The number of hydrogen-bond acceptors (Lipinski definition) is 15. The first-order valence-electron chi connectivity index (χ1n) is 15.9. The Morgan fingerprint density at radius 1 is 0.593 bits per heavy atom. The maximum absolute atomic E-state index is 11.4. The third-order valence-electron chi connectivity index (χ3n) is 7.34. The van der Waals surface area contributed by atoms with Gasteiger partial charge in [0.25, 0.3) is 0 Å². The molecule has 0 unspecified atom stereocenters. The van der Waals surface area contributed by atoms with Crippen LogP contribution >= 0.6 is 0 Å². The van der Waals surface area contributed by atoms with Crippen molar-refractivity contribution in [3.05, 3.63) is 131 Å². The maximum atomic E-state index is 11.4. The number of nitrogens with zero attached hydrogens (tertiary/aromatic N) is 8. The molecule has 1 aliphatic rings. The fourth-order valence-electron chi connectivity index (χ4n) is 4.89. The molecule has 6 rings (SSSR count). The maximum Gasteiger partial charge on any atom is 0.373 e. The van der Waals surface area contributed by atoms with E-state index in [2.05, 4.69) is 25.4 Å². The number of carbonyl (C=O) groups is 2. The van der Waals surface area contributed by atoms with Crippen molar-refractivity contribution in [2.24, 2.45) is 20.5 Å². The molecule has 17 nitrogen and oxygen atoms in total. The van der Waals surface area contributed by atoms with Crippen molar-refractivity contribution in [3.63, 3.8) is 0 Å². The van der Waals surface area contributed by atoms with Crippen LogP contribution in [-0.4, -0.2) is 75.7 Å². The second-order valence-electron chi connectivity index (χ2n) is 11.0. The third kappa shape index (κ3) is 12.4. The number of aromatic nitrogens is 3. The molecule has 0 bridgehead atoms. The number of azo groups is 2. The van der Waals surface area contributed by atoms with Gasteiger partial charge >= 0.3 is 24.2 Å². The lowest BCUT2D eigenvalue weighted by Gasteiger charge is -2.27. The summed E-state index contributed by atoms with van der Waals surface area (Å²) in [6, 6.07) is 28.3. The van der Waals surface area contributed by atoms with E-state index in [1.165, 1.54) is 12.1 Å². The number of carbonyl (C=O) groups excluding carboxylic acids is 4. The Morgan fingerprint density at radius 2 is 1.00 bits per heavy atom. The summed E-state index contributed by atoms with van der Waals surface area (Å²) in [5.41, 5.74) is 3.75. The molecule has 0 spiro atoms. The molecule has 2 heterocycles. The van der Waals surface area contributed by atoms with E-state index in [1.54, 1.807) is 12.1 Å². The van der Waals surface area contributed by atoms with Crippen molar-refractivity contribution in [1.29, 1.82) is 0 Å². The highest BCUT2D eigenvalue weighted by molar-refractivity contribution is 5.95. The average molecular weight is 731 g/mol. The number of carboxylic acid groups (broad SMARTS) is 2. The molecule has 0 aliphatic carbocycles. The first kappa shape index (κ1) is 39.3. The van der Waals surface area contributed by atoms with Crippen LogP contribution in [0.4, 0.5) is 28.7 Å². The number of benzene rings is 4. The summed E-state index contributed by atoms with van der Waals surface area (Å²) >= 11 is 0. The van der Waals surface area contributed by atoms with Crippen LogP contribution in [0, 0.1) is 0 Å². The van der Waals surface area contributed by atoms with Gasteiger partial charge in [-0.3, -0.25) is 0 Å². The SMILES string of the molecule is O=C(O)c1cc(N=Nc2ccc(Cc3nc(Cc4ccc(N=Nc5ccccc5)cc4)nc(N4CCOCC4)n3)cc2)cc(C(=O)O)c1.O=C=O.O=C=O. The molecule has 5 aromatic rings. The monoisotopic (exact) mass is 730 g/mol. The lowest BCUT2D eigenvalue weighted by Crippen LogP contribution is -2.37. The number of anilines is 1. The molecule has 272 valence electrons. The van der Waals surface area contributed by atoms with E-state index < -0.39 is 11.9 Å². The van der Waals surface area contributed by atoms with Gasteiger partial charge in [-0.2, -0.15) is 49.6 Å². The molecule has 1 aliphatic heterocycles. The Balaban J connectivity index is 0.00000102. The van der Waals surface area contributed by atoms with Gasteiger partial charge in [0.1, 0.15) is 11.6 Å².